The Morgan fingerprint density at radius 1 is 1.44 bits per heavy atom. The number of benzene rings is 1. The predicted molar refractivity (Wildman–Crippen MR) is 96.0 cm³/mol. The minimum absolute atomic E-state index is 0.0309. The lowest BCUT2D eigenvalue weighted by molar-refractivity contribution is -0.384. The number of hydrogen-bond donors (Lipinski definition) is 3. The largest absolute Gasteiger partial charge is 0.494 e. The topological polar surface area (TPSA) is 155 Å². The summed E-state index contributed by atoms with van der Waals surface area (Å²) in [5, 5.41) is 34.1. The molecule has 0 bridgehead atoms. The van der Waals surface area contributed by atoms with Crippen LogP contribution in [0.25, 0.3) is 0 Å². The minimum atomic E-state index is -1.20. The molecular weight excluding hydrogens is 356 g/mol. The second-order valence-electron chi connectivity index (χ2n) is 5.95. The van der Waals surface area contributed by atoms with Crippen LogP contribution in [0, 0.1) is 27.4 Å². The van der Waals surface area contributed by atoms with E-state index in [9.17, 15) is 19.7 Å². The fourth-order valence-electron chi connectivity index (χ4n) is 2.14. The Hall–Kier alpha value is -3.61. The minimum Gasteiger partial charge on any atom is -0.494 e. The molecule has 10 nitrogen and oxygen atoms in total. The van der Waals surface area contributed by atoms with E-state index in [1.807, 2.05) is 13.8 Å². The number of methoxy groups -OCH3 is 1. The van der Waals surface area contributed by atoms with Crippen molar-refractivity contribution >= 4 is 23.3 Å². The molecule has 0 saturated carbocycles. The third-order valence-corrected chi connectivity index (χ3v) is 3.44. The maximum Gasteiger partial charge on any atom is 0.326 e. The van der Waals surface area contributed by atoms with Crippen LogP contribution in [0.2, 0.25) is 0 Å². The normalized spacial score (nSPS) is 12.0. The van der Waals surface area contributed by atoms with Gasteiger partial charge in [0, 0.05) is 12.3 Å². The molecule has 1 atom stereocenters. The van der Waals surface area contributed by atoms with Gasteiger partial charge in [-0.3, -0.25) is 14.9 Å². The summed E-state index contributed by atoms with van der Waals surface area (Å²) in [5.74, 6) is -1.87. The number of ether oxygens (including phenoxy) is 1. The van der Waals surface area contributed by atoms with E-state index in [0.29, 0.717) is 5.69 Å². The van der Waals surface area contributed by atoms with Crippen LogP contribution in [-0.2, 0) is 9.59 Å². The third-order valence-electron chi connectivity index (χ3n) is 3.44. The average molecular weight is 376 g/mol. The van der Waals surface area contributed by atoms with Gasteiger partial charge in [-0.25, -0.2) is 4.79 Å². The molecular formula is C17H20N4O6. The molecule has 0 radical (unpaired) electrons. The van der Waals surface area contributed by atoms with Crippen molar-refractivity contribution in [2.24, 2.45) is 5.92 Å². The number of carboxylic acids is 1. The Morgan fingerprint density at radius 2 is 2.11 bits per heavy atom. The van der Waals surface area contributed by atoms with Gasteiger partial charge in [-0.15, -0.1) is 0 Å². The number of amides is 1. The maximum absolute atomic E-state index is 12.2. The smallest absolute Gasteiger partial charge is 0.326 e. The van der Waals surface area contributed by atoms with Crippen LogP contribution >= 0.6 is 0 Å². The monoisotopic (exact) mass is 376 g/mol. The first kappa shape index (κ1) is 21.4. The summed E-state index contributed by atoms with van der Waals surface area (Å²) in [6.45, 7) is 3.62. The van der Waals surface area contributed by atoms with Gasteiger partial charge in [0.25, 0.3) is 11.6 Å². The first-order valence-electron chi connectivity index (χ1n) is 7.92. The van der Waals surface area contributed by atoms with Crippen molar-refractivity contribution < 1.29 is 24.4 Å². The molecule has 0 aliphatic carbocycles. The maximum atomic E-state index is 12.2. The fourth-order valence-corrected chi connectivity index (χ4v) is 2.14. The second kappa shape index (κ2) is 9.76. The number of hydrogen-bond acceptors (Lipinski definition) is 7. The number of carbonyl (C=O) groups is 2. The number of carbonyl (C=O) groups excluding carboxylic acids is 1. The molecule has 0 fully saturated rings. The number of carboxylic acid groups (broad SMARTS) is 1. The van der Waals surface area contributed by atoms with E-state index in [-0.39, 0.29) is 29.3 Å². The van der Waals surface area contributed by atoms with Crippen molar-refractivity contribution in [2.45, 2.75) is 26.3 Å². The van der Waals surface area contributed by atoms with E-state index < -0.39 is 22.8 Å². The summed E-state index contributed by atoms with van der Waals surface area (Å²) in [5.41, 5.74) is -0.247. The number of nitro groups is 1. The number of rotatable bonds is 9. The summed E-state index contributed by atoms with van der Waals surface area (Å²) in [6, 6.07) is 4.34. The molecule has 0 saturated heterocycles. The Bertz CT molecular complexity index is 797. The van der Waals surface area contributed by atoms with E-state index in [0.717, 1.165) is 6.20 Å². The van der Waals surface area contributed by atoms with Crippen LogP contribution in [0.1, 0.15) is 20.3 Å². The number of nitro benzene ring substituents is 1. The number of nitriles is 1. The van der Waals surface area contributed by atoms with Gasteiger partial charge >= 0.3 is 5.97 Å². The number of anilines is 1. The molecule has 1 aromatic rings. The van der Waals surface area contributed by atoms with Crippen molar-refractivity contribution in [3.63, 3.8) is 0 Å². The van der Waals surface area contributed by atoms with Crippen LogP contribution in [0.5, 0.6) is 5.75 Å². The summed E-state index contributed by atoms with van der Waals surface area (Å²) in [4.78, 5) is 33.6. The van der Waals surface area contributed by atoms with Gasteiger partial charge in [-0.05, 0) is 18.4 Å². The van der Waals surface area contributed by atoms with E-state index in [2.05, 4.69) is 10.6 Å². The highest BCUT2D eigenvalue weighted by atomic mass is 16.6. The van der Waals surface area contributed by atoms with Crippen LogP contribution in [0.3, 0.4) is 0 Å². The molecule has 27 heavy (non-hydrogen) atoms. The lowest BCUT2D eigenvalue weighted by Crippen LogP contribution is -2.42. The van der Waals surface area contributed by atoms with Gasteiger partial charge in [0.2, 0.25) is 0 Å². The van der Waals surface area contributed by atoms with Gasteiger partial charge in [-0.2, -0.15) is 5.26 Å². The molecule has 1 amide bonds. The van der Waals surface area contributed by atoms with E-state index in [4.69, 9.17) is 15.1 Å². The molecule has 1 aromatic carbocycles. The van der Waals surface area contributed by atoms with Crippen LogP contribution in [0.15, 0.2) is 30.0 Å². The van der Waals surface area contributed by atoms with Crippen LogP contribution in [-0.4, -0.2) is 35.1 Å². The highest BCUT2D eigenvalue weighted by molar-refractivity contribution is 5.99. The van der Waals surface area contributed by atoms with Crippen LogP contribution in [0.4, 0.5) is 11.4 Å². The zero-order valence-electron chi connectivity index (χ0n) is 15.1. The number of nitrogens with one attached hydrogen (secondary N) is 2. The van der Waals surface area contributed by atoms with Crippen molar-refractivity contribution in [1.29, 1.82) is 5.26 Å². The number of aliphatic carboxylic acids is 1. The quantitative estimate of drug-likeness (QED) is 0.256. The highest BCUT2D eigenvalue weighted by Crippen LogP contribution is 2.29. The number of nitrogens with zero attached hydrogens (tertiary/aromatic N) is 2. The molecule has 1 unspecified atom stereocenters. The average Bonchev–Trinajstić information content (AvgIpc) is 2.61. The molecule has 0 aromatic heterocycles. The third kappa shape index (κ3) is 6.32. The second-order valence-corrected chi connectivity index (χ2v) is 5.95. The lowest BCUT2D eigenvalue weighted by Gasteiger charge is -2.16. The molecule has 0 heterocycles. The van der Waals surface area contributed by atoms with Crippen molar-refractivity contribution in [3.05, 3.63) is 40.1 Å². The first-order chi connectivity index (χ1) is 12.7. The zero-order chi connectivity index (χ0) is 20.6. The van der Waals surface area contributed by atoms with E-state index in [1.54, 1.807) is 6.07 Å². The van der Waals surface area contributed by atoms with E-state index >= 15 is 0 Å². The van der Waals surface area contributed by atoms with Gasteiger partial charge in [-0.1, -0.05) is 13.8 Å². The molecule has 0 aliphatic heterocycles. The van der Waals surface area contributed by atoms with Crippen molar-refractivity contribution in [2.75, 3.05) is 12.4 Å². The van der Waals surface area contributed by atoms with Gasteiger partial charge in [0.15, 0.2) is 0 Å². The summed E-state index contributed by atoms with van der Waals surface area (Å²) >= 11 is 0. The molecule has 0 spiro atoms. The predicted octanol–water partition coefficient (Wildman–Crippen LogP) is 2.04. The fraction of sp³-hybridized carbons (Fsp3) is 0.353. The zero-order valence-corrected chi connectivity index (χ0v) is 15.1. The standard InChI is InChI=1S/C17H20N4O6/c1-10(2)6-14(17(23)24)20-16(22)11(8-18)9-19-13-5-4-12(21(25)26)7-15(13)27-3/h4-5,7,9-10,14,19H,6H2,1-3H3,(H,20,22)(H,23,24)/b11-9-. The molecule has 144 valence electrons. The van der Waals surface area contributed by atoms with Crippen molar-refractivity contribution in [1.82, 2.24) is 5.32 Å². The molecule has 3 N–H and O–H groups in total. The first-order valence-corrected chi connectivity index (χ1v) is 7.92. The van der Waals surface area contributed by atoms with Crippen LogP contribution < -0.4 is 15.4 Å². The summed E-state index contributed by atoms with van der Waals surface area (Å²) in [6.07, 6.45) is 1.29. The Kier molecular flexibility index (Phi) is 7.75. The van der Waals surface area contributed by atoms with Gasteiger partial charge < -0.3 is 20.5 Å². The molecule has 10 heteroatoms. The van der Waals surface area contributed by atoms with Gasteiger partial charge in [0.05, 0.1) is 23.8 Å². The highest BCUT2D eigenvalue weighted by Gasteiger charge is 2.23. The summed E-state index contributed by atoms with van der Waals surface area (Å²) in [7, 11) is 1.31. The Labute approximate surface area is 155 Å². The van der Waals surface area contributed by atoms with Gasteiger partial charge in [0.1, 0.15) is 23.4 Å². The number of non-ortho nitro benzene ring substituents is 1. The Balaban J connectivity index is 2.97. The molecule has 1 rings (SSSR count). The SMILES string of the molecule is COc1cc([N+](=O)[O-])ccc1N/C=C(/C#N)C(=O)NC(CC(C)C)C(=O)O. The summed E-state index contributed by atoms with van der Waals surface area (Å²) < 4.78 is 5.04. The Morgan fingerprint density at radius 3 is 2.59 bits per heavy atom. The molecule has 0 aliphatic rings. The lowest BCUT2D eigenvalue weighted by atomic mass is 10.0. The van der Waals surface area contributed by atoms with E-state index in [1.165, 1.54) is 25.3 Å². The van der Waals surface area contributed by atoms with Crippen molar-refractivity contribution in [3.8, 4) is 11.8 Å².